The van der Waals surface area contributed by atoms with E-state index in [0.29, 0.717) is 23.0 Å². The van der Waals surface area contributed by atoms with Crippen molar-refractivity contribution in [2.75, 3.05) is 23.2 Å². The minimum absolute atomic E-state index is 0.0133. The fourth-order valence-corrected chi connectivity index (χ4v) is 5.54. The maximum atomic E-state index is 12.5. The van der Waals surface area contributed by atoms with Gasteiger partial charge in [0.05, 0.1) is 21.3 Å². The van der Waals surface area contributed by atoms with Crippen LogP contribution >= 0.6 is 22.9 Å². The van der Waals surface area contributed by atoms with Gasteiger partial charge < -0.3 is 14.5 Å². The smallest absolute Gasteiger partial charge is 0.337 e. The third kappa shape index (κ3) is 4.77. The molecule has 0 fully saturated rings. The molecule has 0 radical (unpaired) electrons. The van der Waals surface area contributed by atoms with Crippen LogP contribution in [-0.4, -0.2) is 38.2 Å². The lowest BCUT2D eigenvalue weighted by atomic mass is 10.1. The van der Waals surface area contributed by atoms with Crippen molar-refractivity contribution >= 4 is 50.3 Å². The maximum absolute atomic E-state index is 12.5. The van der Waals surface area contributed by atoms with Crippen LogP contribution in [0.25, 0.3) is 0 Å². The first-order valence-electron chi connectivity index (χ1n) is 8.87. The minimum Gasteiger partial charge on any atom is -0.478 e. The number of aryl methyl sites for hydroxylation is 2. The van der Waals surface area contributed by atoms with Crippen LogP contribution in [0.1, 0.15) is 27.4 Å². The molecule has 0 bridgehead atoms. The van der Waals surface area contributed by atoms with Crippen LogP contribution < -0.4 is 9.62 Å². The molecule has 0 aliphatic heterocycles. The zero-order valence-electron chi connectivity index (χ0n) is 16.5. The summed E-state index contributed by atoms with van der Waals surface area (Å²) >= 11 is 6.73. The summed E-state index contributed by atoms with van der Waals surface area (Å²) in [6, 6.07) is 7.29. The van der Waals surface area contributed by atoms with E-state index in [9.17, 15) is 18.3 Å². The summed E-state index contributed by atoms with van der Waals surface area (Å²) < 4.78 is 32.9. The number of hydrogen-bond acceptors (Lipinski definition) is 7. The highest BCUT2D eigenvalue weighted by atomic mass is 35.5. The fourth-order valence-electron chi connectivity index (χ4n) is 3.01. The molecule has 0 aliphatic rings. The lowest BCUT2D eigenvalue weighted by Crippen LogP contribution is -2.23. The van der Waals surface area contributed by atoms with Crippen molar-refractivity contribution in [3.63, 3.8) is 0 Å². The van der Waals surface area contributed by atoms with Gasteiger partial charge in [0.2, 0.25) is 0 Å². The number of nitrogens with zero attached hydrogens (tertiary/aromatic N) is 2. The zero-order valence-corrected chi connectivity index (χ0v) is 18.9. The molecule has 2 heterocycles. The highest BCUT2D eigenvalue weighted by Gasteiger charge is 2.20. The van der Waals surface area contributed by atoms with Crippen molar-refractivity contribution in [2.24, 2.45) is 0 Å². The second-order valence-corrected chi connectivity index (χ2v) is 10.3. The predicted molar refractivity (Wildman–Crippen MR) is 116 cm³/mol. The van der Waals surface area contributed by atoms with E-state index in [0.717, 1.165) is 28.4 Å². The molecule has 3 aromatic rings. The van der Waals surface area contributed by atoms with E-state index in [1.165, 1.54) is 24.3 Å². The molecule has 2 aromatic heterocycles. The second-order valence-electron chi connectivity index (χ2n) is 6.68. The predicted octanol–water partition coefficient (Wildman–Crippen LogP) is 4.18. The number of thiophene rings is 1. The van der Waals surface area contributed by atoms with Crippen LogP contribution in [0.3, 0.4) is 0 Å². The van der Waals surface area contributed by atoms with Crippen LogP contribution in [0.5, 0.6) is 0 Å². The van der Waals surface area contributed by atoms with Gasteiger partial charge in [0.25, 0.3) is 10.0 Å². The van der Waals surface area contributed by atoms with E-state index in [1.807, 2.05) is 13.8 Å². The number of rotatable bonds is 8. The summed E-state index contributed by atoms with van der Waals surface area (Å²) in [5.41, 5.74) is 2.40. The lowest BCUT2D eigenvalue weighted by Gasteiger charge is -2.22. The number of anilines is 2. The van der Waals surface area contributed by atoms with Crippen molar-refractivity contribution in [1.29, 1.82) is 0 Å². The summed E-state index contributed by atoms with van der Waals surface area (Å²) in [6.45, 7) is 4.22. The van der Waals surface area contributed by atoms with Gasteiger partial charge in [-0.25, -0.2) is 13.2 Å². The van der Waals surface area contributed by atoms with Crippen LogP contribution in [0.2, 0.25) is 4.34 Å². The molecule has 0 saturated carbocycles. The molecule has 3 rings (SSSR count). The van der Waals surface area contributed by atoms with Gasteiger partial charge in [-0.2, -0.15) is 0 Å². The zero-order chi connectivity index (χ0) is 22.1. The van der Waals surface area contributed by atoms with E-state index < -0.39 is 16.0 Å². The molecule has 0 saturated heterocycles. The number of carboxylic acid groups (broad SMARTS) is 1. The minimum atomic E-state index is -3.86. The van der Waals surface area contributed by atoms with Gasteiger partial charge in [0.15, 0.2) is 0 Å². The molecule has 160 valence electrons. The number of likely N-dealkylation sites (N-methyl/N-ethyl adjacent to an activating group) is 1. The summed E-state index contributed by atoms with van der Waals surface area (Å²) in [5, 5.41) is 13.6. The molecule has 1 aromatic carbocycles. The maximum Gasteiger partial charge on any atom is 0.337 e. The third-order valence-electron chi connectivity index (χ3n) is 4.58. The average molecular weight is 470 g/mol. The molecule has 2 N–H and O–H groups in total. The standard InChI is InChI=1S/C19H20ClN3O5S2/c1-11-14(12(2)28-21-11)8-9-23(3)16-5-4-13(10-15(16)19(24)25)22-30(26,27)18-7-6-17(20)29-18/h4-7,10,22H,8-9H2,1-3H3,(H,24,25). The molecule has 0 spiro atoms. The SMILES string of the molecule is Cc1noc(C)c1CCN(C)c1ccc(NS(=O)(=O)c2ccc(Cl)s2)cc1C(=O)O. The van der Waals surface area contributed by atoms with Crippen LogP contribution in [0, 0.1) is 13.8 Å². The summed E-state index contributed by atoms with van der Waals surface area (Å²) in [7, 11) is -2.08. The first kappa shape index (κ1) is 22.1. The molecule has 30 heavy (non-hydrogen) atoms. The summed E-state index contributed by atoms with van der Waals surface area (Å²) in [4.78, 5) is 13.6. The molecule has 11 heteroatoms. The first-order chi connectivity index (χ1) is 14.1. The van der Waals surface area contributed by atoms with Crippen molar-refractivity contribution < 1.29 is 22.8 Å². The Bertz CT molecular complexity index is 1170. The lowest BCUT2D eigenvalue weighted by molar-refractivity contribution is 0.0697. The number of aromatic carboxylic acids is 1. The van der Waals surface area contributed by atoms with Gasteiger partial charge in [-0.05, 0) is 50.6 Å². The van der Waals surface area contributed by atoms with Crippen molar-refractivity contribution in [3.8, 4) is 0 Å². The molecule has 0 atom stereocenters. The Balaban J connectivity index is 1.82. The molecular weight excluding hydrogens is 450 g/mol. The van der Waals surface area contributed by atoms with Crippen LogP contribution in [0.4, 0.5) is 11.4 Å². The van der Waals surface area contributed by atoms with Crippen molar-refractivity contribution in [3.05, 3.63) is 57.2 Å². The van der Waals surface area contributed by atoms with Gasteiger partial charge in [0.1, 0.15) is 9.97 Å². The van der Waals surface area contributed by atoms with Gasteiger partial charge >= 0.3 is 5.97 Å². The number of benzene rings is 1. The van der Waals surface area contributed by atoms with Gasteiger partial charge in [-0.15, -0.1) is 11.3 Å². The fraction of sp³-hybridized carbons (Fsp3) is 0.263. The number of aromatic nitrogens is 1. The molecule has 0 amide bonds. The number of sulfonamides is 1. The third-order valence-corrected chi connectivity index (χ3v) is 7.69. The number of halogens is 1. The summed E-state index contributed by atoms with van der Waals surface area (Å²) in [6.07, 6.45) is 0.629. The Kier molecular flexibility index (Phi) is 6.39. The first-order valence-corrected chi connectivity index (χ1v) is 11.5. The van der Waals surface area contributed by atoms with Crippen LogP contribution in [0.15, 0.2) is 39.1 Å². The Labute approximate surface area is 183 Å². The van der Waals surface area contributed by atoms with E-state index in [-0.39, 0.29) is 15.5 Å². The topological polar surface area (TPSA) is 113 Å². The van der Waals surface area contributed by atoms with Crippen LogP contribution in [-0.2, 0) is 16.4 Å². The van der Waals surface area contributed by atoms with E-state index in [1.54, 1.807) is 18.0 Å². The Morgan fingerprint density at radius 1 is 1.30 bits per heavy atom. The Morgan fingerprint density at radius 3 is 2.60 bits per heavy atom. The molecular formula is C19H20ClN3O5S2. The highest BCUT2D eigenvalue weighted by Crippen LogP contribution is 2.29. The Hall–Kier alpha value is -2.56. The number of carboxylic acids is 1. The molecule has 0 aliphatic carbocycles. The quantitative estimate of drug-likeness (QED) is 0.508. The summed E-state index contributed by atoms with van der Waals surface area (Å²) in [5.74, 6) is -0.424. The number of carbonyl (C=O) groups is 1. The number of nitrogens with one attached hydrogen (secondary N) is 1. The number of hydrogen-bond donors (Lipinski definition) is 2. The largest absolute Gasteiger partial charge is 0.478 e. The van der Waals surface area contributed by atoms with Crippen molar-refractivity contribution in [2.45, 2.75) is 24.5 Å². The molecule has 0 unspecified atom stereocenters. The van der Waals surface area contributed by atoms with E-state index in [4.69, 9.17) is 16.1 Å². The highest BCUT2D eigenvalue weighted by molar-refractivity contribution is 7.94. The molecule has 8 nitrogen and oxygen atoms in total. The van der Waals surface area contributed by atoms with Gasteiger partial charge in [-0.3, -0.25) is 4.72 Å². The normalized spacial score (nSPS) is 11.5. The average Bonchev–Trinajstić information content (AvgIpc) is 3.25. The van der Waals surface area contributed by atoms with Crippen molar-refractivity contribution in [1.82, 2.24) is 5.16 Å². The van der Waals surface area contributed by atoms with Gasteiger partial charge in [0, 0.05) is 24.8 Å². The van der Waals surface area contributed by atoms with Gasteiger partial charge in [-0.1, -0.05) is 16.8 Å². The van der Waals surface area contributed by atoms with E-state index in [2.05, 4.69) is 9.88 Å². The monoisotopic (exact) mass is 469 g/mol. The Morgan fingerprint density at radius 2 is 2.03 bits per heavy atom. The van der Waals surface area contributed by atoms with E-state index >= 15 is 0 Å². The second kappa shape index (κ2) is 8.66.